The Morgan fingerprint density at radius 3 is 2.77 bits per heavy atom. The van der Waals surface area contributed by atoms with E-state index < -0.39 is 5.79 Å². The van der Waals surface area contributed by atoms with Crippen LogP contribution in [0.1, 0.15) is 50.2 Å². The molecule has 0 radical (unpaired) electrons. The zero-order valence-corrected chi connectivity index (χ0v) is 20.3. The maximum atomic E-state index is 13.6. The van der Waals surface area contributed by atoms with Gasteiger partial charge in [-0.3, -0.25) is 4.79 Å². The third-order valence-corrected chi connectivity index (χ3v) is 7.42. The number of carbonyl (C=O) groups is 1. The summed E-state index contributed by atoms with van der Waals surface area (Å²) in [5.74, 6) is 0.0917. The first-order chi connectivity index (χ1) is 14.6. The molecule has 1 N–H and O–H groups in total. The van der Waals surface area contributed by atoms with Gasteiger partial charge in [-0.15, -0.1) is 0 Å². The minimum Gasteiger partial charge on any atom is -0.490 e. The van der Waals surface area contributed by atoms with Gasteiger partial charge in [0.15, 0.2) is 11.6 Å². The van der Waals surface area contributed by atoms with Gasteiger partial charge in [0.2, 0.25) is 0 Å². The van der Waals surface area contributed by atoms with E-state index in [0.717, 1.165) is 38.0 Å². The van der Waals surface area contributed by atoms with E-state index in [-0.39, 0.29) is 23.2 Å². The van der Waals surface area contributed by atoms with E-state index >= 15 is 0 Å². The van der Waals surface area contributed by atoms with E-state index in [1.54, 1.807) is 0 Å². The first-order valence-corrected chi connectivity index (χ1v) is 11.6. The monoisotopic (exact) mass is 505 g/mol. The fourth-order valence-corrected chi connectivity index (χ4v) is 5.65. The maximum Gasteiger partial charge on any atom is 0.172 e. The number of carbonyl (C=O) groups excluding carboxylic acids is 1. The van der Waals surface area contributed by atoms with Gasteiger partial charge in [-0.25, -0.2) is 0 Å². The number of fused-ring (bicyclic) bond motifs is 4. The SMILES string of the molecule is CC1(C)OC[C@H](COC2=C(Br)CC3C(=O)c4c([nH]c5cc(Cl)ccc45)C(C)(C)C3=C2)O1. The van der Waals surface area contributed by atoms with Gasteiger partial charge < -0.3 is 19.2 Å². The lowest BCUT2D eigenvalue weighted by atomic mass is 9.64. The Hall–Kier alpha value is -1.60. The summed E-state index contributed by atoms with van der Waals surface area (Å²) in [4.78, 5) is 17.0. The molecule has 5 rings (SSSR count). The molecule has 0 saturated carbocycles. The summed E-state index contributed by atoms with van der Waals surface area (Å²) in [5.41, 5.74) is 3.31. The highest BCUT2D eigenvalue weighted by Gasteiger charge is 2.46. The number of ketones is 1. The van der Waals surface area contributed by atoms with Crippen LogP contribution >= 0.6 is 27.5 Å². The van der Waals surface area contributed by atoms with Crippen molar-refractivity contribution in [2.75, 3.05) is 13.2 Å². The molecule has 5 nitrogen and oxygen atoms in total. The highest BCUT2D eigenvalue weighted by Crippen LogP contribution is 2.50. The molecule has 2 aliphatic carbocycles. The predicted octanol–water partition coefficient (Wildman–Crippen LogP) is 6.02. The van der Waals surface area contributed by atoms with Crippen molar-refractivity contribution in [1.82, 2.24) is 4.98 Å². The number of hydrogen-bond acceptors (Lipinski definition) is 4. The second kappa shape index (κ2) is 7.20. The normalized spacial score (nSPS) is 26.6. The lowest BCUT2D eigenvalue weighted by molar-refractivity contribution is -0.143. The summed E-state index contributed by atoms with van der Waals surface area (Å²) in [5, 5.41) is 1.58. The second-order valence-electron chi connectivity index (χ2n) is 9.44. The maximum absolute atomic E-state index is 13.6. The topological polar surface area (TPSA) is 60.5 Å². The van der Waals surface area contributed by atoms with Gasteiger partial charge in [-0.05, 0) is 44.1 Å². The largest absolute Gasteiger partial charge is 0.490 e. The van der Waals surface area contributed by atoms with Gasteiger partial charge in [0.25, 0.3) is 0 Å². The molecule has 0 bridgehead atoms. The number of rotatable bonds is 3. The molecule has 164 valence electrons. The second-order valence-corrected chi connectivity index (χ2v) is 10.8. The number of benzene rings is 1. The molecule has 2 heterocycles. The molecule has 2 aromatic rings. The number of allylic oxidation sites excluding steroid dienone is 3. The molecule has 1 unspecified atom stereocenters. The molecule has 1 aliphatic heterocycles. The first-order valence-electron chi connectivity index (χ1n) is 10.5. The highest BCUT2D eigenvalue weighted by atomic mass is 79.9. The van der Waals surface area contributed by atoms with Crippen molar-refractivity contribution in [3.63, 3.8) is 0 Å². The minimum atomic E-state index is -0.581. The van der Waals surface area contributed by atoms with Crippen molar-refractivity contribution in [3.05, 3.63) is 56.4 Å². The number of halogens is 2. The van der Waals surface area contributed by atoms with Gasteiger partial charge in [0.05, 0.1) is 6.61 Å². The lowest BCUT2D eigenvalue weighted by Crippen LogP contribution is -2.38. The van der Waals surface area contributed by atoms with E-state index in [4.69, 9.17) is 25.8 Å². The molecule has 0 spiro atoms. The molecule has 1 aromatic carbocycles. The van der Waals surface area contributed by atoms with Gasteiger partial charge in [0.1, 0.15) is 18.5 Å². The van der Waals surface area contributed by atoms with E-state index in [1.165, 1.54) is 0 Å². The van der Waals surface area contributed by atoms with Crippen LogP contribution in [-0.2, 0) is 19.6 Å². The average Bonchev–Trinajstić information content (AvgIpc) is 3.25. The van der Waals surface area contributed by atoms with Crippen molar-refractivity contribution < 1.29 is 19.0 Å². The molecular weight excluding hydrogens is 482 g/mol. The highest BCUT2D eigenvalue weighted by molar-refractivity contribution is 9.11. The number of Topliss-reactive ketones (excluding diaryl/α,β-unsaturated/α-hetero) is 1. The van der Waals surface area contributed by atoms with E-state index in [1.807, 2.05) is 38.1 Å². The number of H-pyrrole nitrogens is 1. The summed E-state index contributed by atoms with van der Waals surface area (Å²) in [7, 11) is 0. The molecule has 0 amide bonds. The molecule has 2 atom stereocenters. The van der Waals surface area contributed by atoms with Crippen LogP contribution in [0, 0.1) is 5.92 Å². The Morgan fingerprint density at radius 1 is 1.29 bits per heavy atom. The molecular formula is C24H25BrClNO4. The Balaban J connectivity index is 1.49. The lowest BCUT2D eigenvalue weighted by Gasteiger charge is -2.40. The van der Waals surface area contributed by atoms with Crippen molar-refractivity contribution in [1.29, 1.82) is 0 Å². The van der Waals surface area contributed by atoms with Crippen LogP contribution in [0.4, 0.5) is 0 Å². The molecule has 1 saturated heterocycles. The van der Waals surface area contributed by atoms with Gasteiger partial charge in [0, 0.05) is 43.0 Å². The van der Waals surface area contributed by atoms with Crippen molar-refractivity contribution in [2.45, 2.75) is 51.4 Å². The van der Waals surface area contributed by atoms with Gasteiger partial charge in [-0.1, -0.05) is 47.4 Å². The first kappa shape index (κ1) is 21.3. The van der Waals surface area contributed by atoms with Gasteiger partial charge >= 0.3 is 0 Å². The molecule has 7 heteroatoms. The van der Waals surface area contributed by atoms with Crippen molar-refractivity contribution in [2.24, 2.45) is 5.92 Å². The average molecular weight is 507 g/mol. The molecule has 1 fully saturated rings. The summed E-state index contributed by atoms with van der Waals surface area (Å²) in [6.45, 7) is 9.00. The Labute approximate surface area is 194 Å². The summed E-state index contributed by atoms with van der Waals surface area (Å²) < 4.78 is 18.5. The molecule has 3 aliphatic rings. The third kappa shape index (κ3) is 3.48. The zero-order chi connectivity index (χ0) is 22.1. The van der Waals surface area contributed by atoms with Crippen molar-refractivity contribution >= 4 is 44.2 Å². The number of ether oxygens (including phenoxy) is 3. The summed E-state index contributed by atoms with van der Waals surface area (Å²) in [6, 6.07) is 5.65. The Kier molecular flexibility index (Phi) is 4.94. The third-order valence-electron chi connectivity index (χ3n) is 6.47. The van der Waals surface area contributed by atoms with Crippen LogP contribution < -0.4 is 0 Å². The van der Waals surface area contributed by atoms with Crippen LogP contribution in [0.25, 0.3) is 10.9 Å². The number of hydrogen-bond donors (Lipinski definition) is 1. The van der Waals surface area contributed by atoms with Crippen molar-refractivity contribution in [3.8, 4) is 0 Å². The standard InChI is InChI=1S/C24H25BrClNO4/c1-23(2)16-9-19(29-10-13-11-30-24(3,4)31-13)17(25)8-15(16)21(28)20-14-6-5-12(26)7-18(14)27-22(20)23/h5-7,9,13,15,27H,8,10-11H2,1-4H3/t13-,15?/m0/s1. The molecule has 31 heavy (non-hydrogen) atoms. The van der Waals surface area contributed by atoms with Crippen LogP contribution in [0.15, 0.2) is 40.1 Å². The molecule has 1 aromatic heterocycles. The van der Waals surface area contributed by atoms with Gasteiger partial charge in [-0.2, -0.15) is 0 Å². The summed E-state index contributed by atoms with van der Waals surface area (Å²) >= 11 is 9.86. The summed E-state index contributed by atoms with van der Waals surface area (Å²) in [6.07, 6.45) is 2.49. The van der Waals surface area contributed by atoms with Crippen LogP contribution in [0.3, 0.4) is 0 Å². The zero-order valence-electron chi connectivity index (χ0n) is 18.0. The number of nitrogens with one attached hydrogen (secondary N) is 1. The number of aromatic amines is 1. The van der Waals surface area contributed by atoms with Crippen LogP contribution in [0.2, 0.25) is 5.02 Å². The predicted molar refractivity (Wildman–Crippen MR) is 124 cm³/mol. The Morgan fingerprint density at radius 2 is 2.06 bits per heavy atom. The van der Waals surface area contributed by atoms with E-state index in [9.17, 15) is 4.79 Å². The fraction of sp³-hybridized carbons (Fsp3) is 0.458. The van der Waals surface area contributed by atoms with E-state index in [0.29, 0.717) is 24.7 Å². The fourth-order valence-electron chi connectivity index (χ4n) is 4.92. The Bertz CT molecular complexity index is 1160. The number of aromatic nitrogens is 1. The van der Waals surface area contributed by atoms with Crippen LogP contribution in [-0.4, -0.2) is 35.9 Å². The quantitative estimate of drug-likeness (QED) is 0.553. The smallest absolute Gasteiger partial charge is 0.172 e. The minimum absolute atomic E-state index is 0.120. The van der Waals surface area contributed by atoms with E-state index in [2.05, 4.69) is 34.8 Å². The van der Waals surface area contributed by atoms with Crippen LogP contribution in [0.5, 0.6) is 0 Å².